The average Bonchev–Trinajstić information content (AvgIpc) is 2.87. The van der Waals surface area contributed by atoms with Gasteiger partial charge in [0, 0.05) is 10.9 Å². The highest BCUT2D eigenvalue weighted by Crippen LogP contribution is 2.15. The van der Waals surface area contributed by atoms with Gasteiger partial charge in [-0.2, -0.15) is 0 Å². The van der Waals surface area contributed by atoms with E-state index in [9.17, 15) is 14.7 Å². The van der Waals surface area contributed by atoms with E-state index in [1.54, 1.807) is 6.07 Å². The number of para-hydroxylation sites is 1. The molecule has 5 nitrogen and oxygen atoms in total. The minimum atomic E-state index is -1.01. The lowest BCUT2D eigenvalue weighted by molar-refractivity contribution is -0.140. The Kier molecular flexibility index (Phi) is 4.08. The van der Waals surface area contributed by atoms with Crippen LogP contribution < -0.4 is 5.32 Å². The third-order valence-electron chi connectivity index (χ3n) is 3.54. The van der Waals surface area contributed by atoms with Crippen molar-refractivity contribution >= 4 is 22.8 Å². The van der Waals surface area contributed by atoms with Crippen LogP contribution in [0, 0.1) is 5.92 Å². The van der Waals surface area contributed by atoms with Crippen molar-refractivity contribution in [2.75, 3.05) is 0 Å². The summed E-state index contributed by atoms with van der Waals surface area (Å²) in [6, 6.07) is 8.37. The number of nitrogens with one attached hydrogen (secondary N) is 2. The van der Waals surface area contributed by atoms with Crippen LogP contribution in [0.2, 0.25) is 0 Å². The van der Waals surface area contributed by atoms with Crippen LogP contribution in [0.4, 0.5) is 0 Å². The fourth-order valence-corrected chi connectivity index (χ4v) is 2.10. The smallest absolute Gasteiger partial charge is 0.326 e. The van der Waals surface area contributed by atoms with Crippen molar-refractivity contribution in [3.8, 4) is 0 Å². The maximum absolute atomic E-state index is 12.1. The van der Waals surface area contributed by atoms with Crippen LogP contribution in [0.25, 0.3) is 10.9 Å². The monoisotopic (exact) mass is 274 g/mol. The van der Waals surface area contributed by atoms with Crippen LogP contribution in [0.5, 0.6) is 0 Å². The summed E-state index contributed by atoms with van der Waals surface area (Å²) in [6.07, 6.45) is 0.684. The summed E-state index contributed by atoms with van der Waals surface area (Å²) >= 11 is 0. The molecule has 1 aromatic carbocycles. The van der Waals surface area contributed by atoms with Gasteiger partial charge in [0.1, 0.15) is 11.7 Å². The second-order valence-electron chi connectivity index (χ2n) is 4.95. The van der Waals surface area contributed by atoms with Gasteiger partial charge in [-0.3, -0.25) is 4.79 Å². The van der Waals surface area contributed by atoms with Crippen LogP contribution in [0.3, 0.4) is 0 Å². The first kappa shape index (κ1) is 14.1. The largest absolute Gasteiger partial charge is 0.480 e. The first-order chi connectivity index (χ1) is 9.52. The number of H-pyrrole nitrogens is 1. The topological polar surface area (TPSA) is 82.2 Å². The number of amides is 1. The molecule has 0 saturated carbocycles. The first-order valence-electron chi connectivity index (χ1n) is 6.64. The number of benzene rings is 1. The zero-order valence-electron chi connectivity index (χ0n) is 11.5. The van der Waals surface area contributed by atoms with Crippen molar-refractivity contribution in [1.29, 1.82) is 0 Å². The standard InChI is InChI=1S/C15H18N2O3/c1-3-9(2)13(15(19)20)17-14(18)12-8-10-6-4-5-7-11(10)16-12/h4-9,13,16H,3H2,1-2H3,(H,17,18)(H,19,20)/t9-,13-/m1/s1. The molecule has 1 aromatic heterocycles. The first-order valence-corrected chi connectivity index (χ1v) is 6.64. The van der Waals surface area contributed by atoms with E-state index < -0.39 is 17.9 Å². The predicted octanol–water partition coefficient (Wildman–Crippen LogP) is 2.40. The third kappa shape index (κ3) is 2.82. The van der Waals surface area contributed by atoms with E-state index in [0.29, 0.717) is 12.1 Å². The van der Waals surface area contributed by atoms with Gasteiger partial charge in [0.2, 0.25) is 0 Å². The van der Waals surface area contributed by atoms with Crippen molar-refractivity contribution in [3.05, 3.63) is 36.0 Å². The van der Waals surface area contributed by atoms with Gasteiger partial charge in [0.15, 0.2) is 0 Å². The molecule has 2 rings (SSSR count). The van der Waals surface area contributed by atoms with E-state index in [2.05, 4.69) is 10.3 Å². The molecule has 2 aromatic rings. The van der Waals surface area contributed by atoms with E-state index >= 15 is 0 Å². The minimum absolute atomic E-state index is 0.124. The third-order valence-corrected chi connectivity index (χ3v) is 3.54. The summed E-state index contributed by atoms with van der Waals surface area (Å²) < 4.78 is 0. The van der Waals surface area contributed by atoms with Gasteiger partial charge in [0.25, 0.3) is 5.91 Å². The maximum atomic E-state index is 12.1. The Hall–Kier alpha value is -2.30. The molecule has 0 aliphatic rings. The van der Waals surface area contributed by atoms with E-state index in [-0.39, 0.29) is 5.92 Å². The zero-order chi connectivity index (χ0) is 14.7. The van der Waals surface area contributed by atoms with Crippen molar-refractivity contribution in [2.45, 2.75) is 26.3 Å². The number of carboxylic acid groups (broad SMARTS) is 1. The summed E-state index contributed by atoms with van der Waals surface area (Å²) in [5.41, 5.74) is 1.23. The Morgan fingerprint density at radius 2 is 2.05 bits per heavy atom. The summed E-state index contributed by atoms with van der Waals surface area (Å²) in [5, 5.41) is 12.7. The molecular formula is C15H18N2O3. The highest BCUT2D eigenvalue weighted by atomic mass is 16.4. The van der Waals surface area contributed by atoms with Gasteiger partial charge in [-0.1, -0.05) is 38.5 Å². The molecular weight excluding hydrogens is 256 g/mol. The number of rotatable bonds is 5. The molecule has 20 heavy (non-hydrogen) atoms. The number of carboxylic acids is 1. The fraction of sp³-hybridized carbons (Fsp3) is 0.333. The molecule has 0 radical (unpaired) electrons. The normalized spacial score (nSPS) is 13.9. The zero-order valence-corrected chi connectivity index (χ0v) is 11.5. The fourth-order valence-electron chi connectivity index (χ4n) is 2.10. The summed E-state index contributed by atoms with van der Waals surface area (Å²) in [7, 11) is 0. The van der Waals surface area contributed by atoms with Crippen LogP contribution in [-0.2, 0) is 4.79 Å². The van der Waals surface area contributed by atoms with Crippen LogP contribution in [-0.4, -0.2) is 28.0 Å². The van der Waals surface area contributed by atoms with Crippen molar-refractivity contribution in [1.82, 2.24) is 10.3 Å². The highest BCUT2D eigenvalue weighted by Gasteiger charge is 2.26. The van der Waals surface area contributed by atoms with E-state index in [4.69, 9.17) is 0 Å². The van der Waals surface area contributed by atoms with Gasteiger partial charge < -0.3 is 15.4 Å². The van der Waals surface area contributed by atoms with Crippen LogP contribution >= 0.6 is 0 Å². The summed E-state index contributed by atoms with van der Waals surface area (Å²) in [6.45, 7) is 3.71. The summed E-state index contributed by atoms with van der Waals surface area (Å²) in [5.74, 6) is -1.53. The molecule has 106 valence electrons. The molecule has 5 heteroatoms. The minimum Gasteiger partial charge on any atom is -0.480 e. The lowest BCUT2D eigenvalue weighted by Crippen LogP contribution is -2.45. The number of carbonyl (C=O) groups excluding carboxylic acids is 1. The molecule has 0 fully saturated rings. The maximum Gasteiger partial charge on any atom is 0.326 e. The quantitative estimate of drug-likeness (QED) is 0.783. The Balaban J connectivity index is 2.20. The van der Waals surface area contributed by atoms with Gasteiger partial charge in [-0.25, -0.2) is 4.79 Å². The predicted molar refractivity (Wildman–Crippen MR) is 76.6 cm³/mol. The van der Waals surface area contributed by atoms with E-state index in [1.165, 1.54) is 0 Å². The molecule has 2 atom stereocenters. The molecule has 0 bridgehead atoms. The molecule has 0 spiro atoms. The molecule has 0 aliphatic carbocycles. The molecule has 1 heterocycles. The summed E-state index contributed by atoms with van der Waals surface area (Å²) in [4.78, 5) is 26.3. The SMILES string of the molecule is CC[C@@H](C)[C@@H](NC(=O)c1cc2ccccc2[nH]1)C(=O)O. The van der Waals surface area contributed by atoms with Crippen LogP contribution in [0.1, 0.15) is 30.8 Å². The molecule has 0 saturated heterocycles. The number of aliphatic carboxylic acids is 1. The average molecular weight is 274 g/mol. The second-order valence-corrected chi connectivity index (χ2v) is 4.95. The molecule has 0 aliphatic heterocycles. The Morgan fingerprint density at radius 3 is 2.65 bits per heavy atom. The number of carbonyl (C=O) groups is 2. The van der Waals surface area contributed by atoms with Crippen molar-refractivity contribution in [3.63, 3.8) is 0 Å². The highest BCUT2D eigenvalue weighted by molar-refractivity contribution is 5.99. The number of aromatic amines is 1. The van der Waals surface area contributed by atoms with E-state index in [0.717, 1.165) is 10.9 Å². The van der Waals surface area contributed by atoms with Gasteiger partial charge in [-0.05, 0) is 18.1 Å². The Morgan fingerprint density at radius 1 is 1.35 bits per heavy atom. The molecule has 0 unspecified atom stereocenters. The van der Waals surface area contributed by atoms with Gasteiger partial charge >= 0.3 is 5.97 Å². The lowest BCUT2D eigenvalue weighted by Gasteiger charge is -2.19. The second kappa shape index (κ2) is 5.77. The lowest BCUT2D eigenvalue weighted by atomic mass is 9.99. The van der Waals surface area contributed by atoms with Gasteiger partial charge in [-0.15, -0.1) is 0 Å². The number of aromatic nitrogens is 1. The molecule has 1 amide bonds. The van der Waals surface area contributed by atoms with E-state index in [1.807, 2.05) is 38.1 Å². The van der Waals surface area contributed by atoms with Crippen molar-refractivity contribution < 1.29 is 14.7 Å². The van der Waals surface area contributed by atoms with Gasteiger partial charge in [0.05, 0.1) is 0 Å². The van der Waals surface area contributed by atoms with Crippen LogP contribution in [0.15, 0.2) is 30.3 Å². The number of hydrogen-bond acceptors (Lipinski definition) is 2. The van der Waals surface area contributed by atoms with Crippen molar-refractivity contribution in [2.24, 2.45) is 5.92 Å². The number of fused-ring (bicyclic) bond motifs is 1. The Labute approximate surface area is 117 Å². The number of hydrogen-bond donors (Lipinski definition) is 3. The Bertz CT molecular complexity index is 600. The molecule has 3 N–H and O–H groups in total.